The molecule has 1 rings (SSSR count). The zero-order valence-electron chi connectivity index (χ0n) is 7.76. The Hall–Kier alpha value is -0.610. The molecule has 0 saturated carbocycles. The molecule has 1 fully saturated rings. The van der Waals surface area contributed by atoms with Gasteiger partial charge in [0.25, 0.3) is 0 Å². The van der Waals surface area contributed by atoms with E-state index in [1.807, 2.05) is 19.0 Å². The highest BCUT2D eigenvalue weighted by Gasteiger charge is 2.16. The maximum absolute atomic E-state index is 11.2. The summed E-state index contributed by atoms with van der Waals surface area (Å²) in [6.07, 6.45) is 1.05. The first-order valence-corrected chi connectivity index (χ1v) is 4.33. The van der Waals surface area contributed by atoms with Crippen LogP contribution in [0.2, 0.25) is 0 Å². The van der Waals surface area contributed by atoms with Crippen molar-refractivity contribution >= 4 is 5.91 Å². The Morgan fingerprint density at radius 2 is 2.42 bits per heavy atom. The van der Waals surface area contributed by atoms with Crippen molar-refractivity contribution in [1.29, 1.82) is 0 Å². The average Bonchev–Trinajstić information content (AvgIpc) is 2.37. The Morgan fingerprint density at radius 3 is 2.92 bits per heavy atom. The second kappa shape index (κ2) is 4.42. The summed E-state index contributed by atoms with van der Waals surface area (Å²) in [6.45, 7) is 2.42. The predicted octanol–water partition coefficient (Wildman–Crippen LogP) is -0.974. The van der Waals surface area contributed by atoms with Gasteiger partial charge in [-0.15, -0.1) is 0 Å². The van der Waals surface area contributed by atoms with Crippen molar-refractivity contribution < 1.29 is 4.79 Å². The van der Waals surface area contributed by atoms with Crippen LogP contribution >= 0.6 is 0 Å². The van der Waals surface area contributed by atoms with Gasteiger partial charge in [0.1, 0.15) is 0 Å². The second-order valence-corrected chi connectivity index (χ2v) is 3.50. The zero-order valence-corrected chi connectivity index (χ0v) is 7.76. The van der Waals surface area contributed by atoms with Gasteiger partial charge < -0.3 is 15.5 Å². The van der Waals surface area contributed by atoms with Gasteiger partial charge in [-0.1, -0.05) is 0 Å². The van der Waals surface area contributed by atoms with Gasteiger partial charge in [-0.2, -0.15) is 0 Å². The van der Waals surface area contributed by atoms with E-state index in [4.69, 9.17) is 0 Å². The van der Waals surface area contributed by atoms with Crippen LogP contribution in [0.15, 0.2) is 0 Å². The van der Waals surface area contributed by atoms with Crippen molar-refractivity contribution in [3.05, 3.63) is 0 Å². The highest BCUT2D eigenvalue weighted by molar-refractivity contribution is 5.78. The van der Waals surface area contributed by atoms with Crippen LogP contribution in [0, 0.1) is 0 Å². The van der Waals surface area contributed by atoms with E-state index >= 15 is 0 Å². The van der Waals surface area contributed by atoms with Crippen LogP contribution in [-0.4, -0.2) is 50.6 Å². The molecule has 4 heteroatoms. The van der Waals surface area contributed by atoms with Crippen molar-refractivity contribution in [1.82, 2.24) is 15.5 Å². The Bertz CT molecular complexity index is 152. The number of hydrogen-bond donors (Lipinski definition) is 2. The molecule has 0 aliphatic carbocycles. The van der Waals surface area contributed by atoms with E-state index in [1.54, 1.807) is 0 Å². The number of carbonyl (C=O) groups is 1. The van der Waals surface area contributed by atoms with Crippen molar-refractivity contribution in [2.24, 2.45) is 0 Å². The lowest BCUT2D eigenvalue weighted by Gasteiger charge is -2.13. The summed E-state index contributed by atoms with van der Waals surface area (Å²) in [4.78, 5) is 13.1. The third-order valence-corrected chi connectivity index (χ3v) is 1.89. The molecule has 1 aliphatic heterocycles. The van der Waals surface area contributed by atoms with Gasteiger partial charge in [-0.25, -0.2) is 0 Å². The number of amides is 1. The quantitative estimate of drug-likeness (QED) is 0.574. The fourth-order valence-corrected chi connectivity index (χ4v) is 1.34. The van der Waals surface area contributed by atoms with E-state index in [-0.39, 0.29) is 5.91 Å². The van der Waals surface area contributed by atoms with E-state index in [1.165, 1.54) is 0 Å². The number of nitrogens with zero attached hydrogens (tertiary/aromatic N) is 1. The summed E-state index contributed by atoms with van der Waals surface area (Å²) in [6, 6.07) is 0.345. The average molecular weight is 171 g/mol. The molecule has 70 valence electrons. The van der Waals surface area contributed by atoms with Crippen LogP contribution in [-0.2, 0) is 4.79 Å². The number of rotatable bonds is 3. The lowest BCUT2D eigenvalue weighted by Crippen LogP contribution is -2.41. The highest BCUT2D eigenvalue weighted by Crippen LogP contribution is 1.96. The maximum Gasteiger partial charge on any atom is 0.234 e. The molecular weight excluding hydrogens is 154 g/mol. The lowest BCUT2D eigenvalue weighted by atomic mass is 10.2. The third-order valence-electron chi connectivity index (χ3n) is 1.89. The van der Waals surface area contributed by atoms with Crippen LogP contribution in [0.25, 0.3) is 0 Å². The summed E-state index contributed by atoms with van der Waals surface area (Å²) in [5, 5.41) is 6.17. The Labute approximate surface area is 73.3 Å². The van der Waals surface area contributed by atoms with Crippen molar-refractivity contribution in [2.75, 3.05) is 33.7 Å². The fourth-order valence-electron chi connectivity index (χ4n) is 1.34. The molecule has 12 heavy (non-hydrogen) atoms. The van der Waals surface area contributed by atoms with Gasteiger partial charge >= 0.3 is 0 Å². The van der Waals surface area contributed by atoms with E-state index in [0.717, 1.165) is 19.5 Å². The minimum Gasteiger partial charge on any atom is -0.351 e. The molecule has 0 aromatic rings. The van der Waals surface area contributed by atoms with Crippen LogP contribution in [0.1, 0.15) is 6.42 Å². The molecule has 1 saturated heterocycles. The summed E-state index contributed by atoms with van der Waals surface area (Å²) < 4.78 is 0. The zero-order chi connectivity index (χ0) is 8.97. The number of nitrogens with one attached hydrogen (secondary N) is 2. The number of carbonyl (C=O) groups excluding carboxylic acids is 1. The summed E-state index contributed by atoms with van der Waals surface area (Å²) in [5.41, 5.74) is 0. The third kappa shape index (κ3) is 3.19. The largest absolute Gasteiger partial charge is 0.351 e. The standard InChI is InChI=1S/C8H17N3O/c1-11(2)6-8(12)10-7-3-4-9-5-7/h7,9H,3-6H2,1-2H3,(H,10,12)/t7-/m0/s1. The molecule has 0 aromatic heterocycles. The molecule has 1 amide bonds. The number of likely N-dealkylation sites (N-methyl/N-ethyl adjacent to an activating group) is 1. The molecule has 2 N–H and O–H groups in total. The maximum atomic E-state index is 11.2. The van der Waals surface area contributed by atoms with Crippen LogP contribution in [0.4, 0.5) is 0 Å². The Morgan fingerprint density at radius 1 is 1.67 bits per heavy atom. The van der Waals surface area contributed by atoms with Crippen molar-refractivity contribution in [3.8, 4) is 0 Å². The minimum absolute atomic E-state index is 0.119. The highest BCUT2D eigenvalue weighted by atomic mass is 16.2. The molecule has 1 atom stereocenters. The van der Waals surface area contributed by atoms with Gasteiger partial charge in [-0.05, 0) is 27.1 Å². The monoisotopic (exact) mass is 171 g/mol. The molecule has 0 bridgehead atoms. The Balaban J connectivity index is 2.16. The van der Waals surface area contributed by atoms with Crippen LogP contribution in [0.3, 0.4) is 0 Å². The van der Waals surface area contributed by atoms with Gasteiger partial charge in [0, 0.05) is 12.6 Å². The minimum atomic E-state index is 0.119. The summed E-state index contributed by atoms with van der Waals surface area (Å²) >= 11 is 0. The van der Waals surface area contributed by atoms with Crippen LogP contribution in [0.5, 0.6) is 0 Å². The van der Waals surface area contributed by atoms with Gasteiger partial charge in [0.15, 0.2) is 0 Å². The van der Waals surface area contributed by atoms with Crippen molar-refractivity contribution in [2.45, 2.75) is 12.5 Å². The van der Waals surface area contributed by atoms with Gasteiger partial charge in [-0.3, -0.25) is 4.79 Å². The van der Waals surface area contributed by atoms with E-state index in [9.17, 15) is 4.79 Å². The van der Waals surface area contributed by atoms with Gasteiger partial charge in [0.05, 0.1) is 6.54 Å². The Kier molecular flexibility index (Phi) is 3.49. The van der Waals surface area contributed by atoms with Crippen molar-refractivity contribution in [3.63, 3.8) is 0 Å². The second-order valence-electron chi connectivity index (χ2n) is 3.50. The summed E-state index contributed by atoms with van der Waals surface area (Å²) in [7, 11) is 3.79. The first kappa shape index (κ1) is 9.48. The molecule has 0 radical (unpaired) electrons. The van der Waals surface area contributed by atoms with E-state index in [2.05, 4.69) is 10.6 Å². The predicted molar refractivity (Wildman–Crippen MR) is 48.0 cm³/mol. The molecule has 1 heterocycles. The molecule has 1 aliphatic rings. The smallest absolute Gasteiger partial charge is 0.234 e. The molecule has 0 spiro atoms. The van der Waals surface area contributed by atoms with E-state index in [0.29, 0.717) is 12.6 Å². The molecule has 0 aromatic carbocycles. The SMILES string of the molecule is CN(C)CC(=O)N[C@H]1CCNC1. The van der Waals surface area contributed by atoms with Gasteiger partial charge in [0.2, 0.25) is 5.91 Å². The normalized spacial score (nSPS) is 23.1. The molecular formula is C8H17N3O. The molecule has 4 nitrogen and oxygen atoms in total. The fraction of sp³-hybridized carbons (Fsp3) is 0.875. The van der Waals surface area contributed by atoms with E-state index < -0.39 is 0 Å². The molecule has 0 unspecified atom stereocenters. The lowest BCUT2D eigenvalue weighted by molar-refractivity contribution is -0.122. The first-order valence-electron chi connectivity index (χ1n) is 4.33. The topological polar surface area (TPSA) is 44.4 Å². The van der Waals surface area contributed by atoms with Crippen LogP contribution < -0.4 is 10.6 Å². The summed E-state index contributed by atoms with van der Waals surface area (Å²) in [5.74, 6) is 0.119. The number of hydrogen-bond acceptors (Lipinski definition) is 3. The first-order chi connectivity index (χ1) is 5.68.